The molecule has 2 rings (SSSR count). The maximum absolute atomic E-state index is 11.5. The summed E-state index contributed by atoms with van der Waals surface area (Å²) in [6, 6.07) is 9.65. The smallest absolute Gasteiger partial charge is 0.239 e. The molecule has 1 amide bonds. The van der Waals surface area contributed by atoms with Crippen LogP contribution in [0, 0.1) is 0 Å². The number of rotatable bonds is 5. The molecule has 1 aromatic heterocycles. The predicted molar refractivity (Wildman–Crippen MR) is 68.9 cm³/mol. The second kappa shape index (κ2) is 6.00. The number of nitrogens with zero attached hydrogens (tertiary/aromatic N) is 1. The number of amides is 1. The van der Waals surface area contributed by atoms with Crippen molar-refractivity contribution < 1.29 is 4.79 Å². The number of anilines is 1. The summed E-state index contributed by atoms with van der Waals surface area (Å²) in [6.07, 6.45) is 1.76. The minimum absolute atomic E-state index is 0.0257. The first-order chi connectivity index (χ1) is 8.34. The van der Waals surface area contributed by atoms with E-state index in [1.165, 1.54) is 11.3 Å². The largest absolute Gasteiger partial charge is 0.376 e. The molecule has 0 fully saturated rings. The number of hydrogen-bond acceptors (Lipinski definition) is 4. The Morgan fingerprint density at radius 1 is 1.29 bits per heavy atom. The Morgan fingerprint density at radius 3 is 2.82 bits per heavy atom. The van der Waals surface area contributed by atoms with Crippen molar-refractivity contribution in [3.8, 4) is 0 Å². The van der Waals surface area contributed by atoms with E-state index in [1.54, 1.807) is 11.7 Å². The summed E-state index contributed by atoms with van der Waals surface area (Å²) in [7, 11) is 0. The SMILES string of the molecule is O=C(CNc1ccccc1)NCc1cncs1. The van der Waals surface area contributed by atoms with Gasteiger partial charge in [-0.25, -0.2) is 0 Å². The lowest BCUT2D eigenvalue weighted by molar-refractivity contribution is -0.119. The monoisotopic (exact) mass is 247 g/mol. The molecule has 4 nitrogen and oxygen atoms in total. The van der Waals surface area contributed by atoms with Crippen molar-refractivity contribution >= 4 is 22.9 Å². The molecule has 0 aliphatic carbocycles. The van der Waals surface area contributed by atoms with Gasteiger partial charge < -0.3 is 10.6 Å². The maximum Gasteiger partial charge on any atom is 0.239 e. The first kappa shape index (κ1) is 11.6. The predicted octanol–water partition coefficient (Wildman–Crippen LogP) is 1.87. The van der Waals surface area contributed by atoms with E-state index in [-0.39, 0.29) is 12.5 Å². The van der Waals surface area contributed by atoms with Crippen LogP contribution in [0.15, 0.2) is 42.0 Å². The summed E-state index contributed by atoms with van der Waals surface area (Å²) in [6.45, 7) is 0.822. The first-order valence-corrected chi connectivity index (χ1v) is 6.15. The van der Waals surface area contributed by atoms with E-state index in [0.29, 0.717) is 6.54 Å². The number of carbonyl (C=O) groups excluding carboxylic acids is 1. The second-order valence-corrected chi connectivity index (χ2v) is 4.43. The van der Waals surface area contributed by atoms with Gasteiger partial charge in [0.05, 0.1) is 18.6 Å². The Labute approximate surface area is 104 Å². The molecule has 88 valence electrons. The second-order valence-electron chi connectivity index (χ2n) is 3.46. The average molecular weight is 247 g/mol. The molecular formula is C12H13N3OS. The molecule has 1 aromatic carbocycles. The van der Waals surface area contributed by atoms with Crippen molar-refractivity contribution in [3.63, 3.8) is 0 Å². The van der Waals surface area contributed by atoms with Gasteiger partial charge >= 0.3 is 0 Å². The summed E-state index contributed by atoms with van der Waals surface area (Å²) in [5.74, 6) is -0.0257. The van der Waals surface area contributed by atoms with Crippen molar-refractivity contribution in [2.75, 3.05) is 11.9 Å². The zero-order chi connectivity index (χ0) is 11.9. The topological polar surface area (TPSA) is 54.0 Å². The van der Waals surface area contributed by atoms with Crippen LogP contribution < -0.4 is 10.6 Å². The fourth-order valence-electron chi connectivity index (χ4n) is 1.32. The number of aromatic nitrogens is 1. The van der Waals surface area contributed by atoms with E-state index in [0.717, 1.165) is 10.6 Å². The van der Waals surface area contributed by atoms with Crippen LogP contribution >= 0.6 is 11.3 Å². The van der Waals surface area contributed by atoms with Gasteiger partial charge in [0.15, 0.2) is 0 Å². The normalized spacial score (nSPS) is 9.88. The van der Waals surface area contributed by atoms with E-state index in [1.807, 2.05) is 30.3 Å². The van der Waals surface area contributed by atoms with Crippen molar-refractivity contribution in [1.82, 2.24) is 10.3 Å². The maximum atomic E-state index is 11.5. The third-order valence-electron chi connectivity index (χ3n) is 2.17. The Morgan fingerprint density at radius 2 is 2.12 bits per heavy atom. The molecule has 0 aliphatic heterocycles. The molecule has 0 saturated heterocycles. The van der Waals surface area contributed by atoms with E-state index in [2.05, 4.69) is 15.6 Å². The summed E-state index contributed by atoms with van der Waals surface area (Å²) in [5.41, 5.74) is 2.70. The van der Waals surface area contributed by atoms with E-state index < -0.39 is 0 Å². The van der Waals surface area contributed by atoms with Crippen molar-refractivity contribution in [3.05, 3.63) is 46.9 Å². The minimum atomic E-state index is -0.0257. The summed E-state index contributed by atoms with van der Waals surface area (Å²) in [4.78, 5) is 16.5. The van der Waals surface area contributed by atoms with Crippen molar-refractivity contribution in [2.24, 2.45) is 0 Å². The molecule has 0 unspecified atom stereocenters. The highest BCUT2D eigenvalue weighted by molar-refractivity contribution is 7.09. The summed E-state index contributed by atoms with van der Waals surface area (Å²) in [5, 5.41) is 5.87. The third kappa shape index (κ3) is 3.88. The van der Waals surface area contributed by atoms with Gasteiger partial charge in [-0.15, -0.1) is 11.3 Å². The van der Waals surface area contributed by atoms with Crippen LogP contribution in [0.2, 0.25) is 0 Å². The summed E-state index contributed by atoms with van der Waals surface area (Å²) < 4.78 is 0. The Hall–Kier alpha value is -1.88. The van der Waals surface area contributed by atoms with Crippen LogP contribution in [-0.4, -0.2) is 17.4 Å². The lowest BCUT2D eigenvalue weighted by Gasteiger charge is -2.06. The average Bonchev–Trinajstić information content (AvgIpc) is 2.88. The lowest BCUT2D eigenvalue weighted by Crippen LogP contribution is -2.29. The molecule has 0 atom stereocenters. The molecule has 0 spiro atoms. The molecule has 5 heteroatoms. The van der Waals surface area contributed by atoms with Crippen LogP contribution in [0.4, 0.5) is 5.69 Å². The minimum Gasteiger partial charge on any atom is -0.376 e. The molecule has 0 radical (unpaired) electrons. The standard InChI is InChI=1S/C12H13N3OS/c16-12(15-7-11-6-13-9-17-11)8-14-10-4-2-1-3-5-10/h1-6,9,14H,7-8H2,(H,15,16). The lowest BCUT2D eigenvalue weighted by atomic mass is 10.3. The van der Waals surface area contributed by atoms with Crippen LogP contribution in [0.5, 0.6) is 0 Å². The summed E-state index contributed by atoms with van der Waals surface area (Å²) >= 11 is 1.53. The molecule has 17 heavy (non-hydrogen) atoms. The van der Waals surface area contributed by atoms with Crippen molar-refractivity contribution in [2.45, 2.75) is 6.54 Å². The Kier molecular flexibility index (Phi) is 4.10. The number of benzene rings is 1. The van der Waals surface area contributed by atoms with E-state index in [4.69, 9.17) is 0 Å². The number of carbonyl (C=O) groups is 1. The van der Waals surface area contributed by atoms with Gasteiger partial charge in [-0.3, -0.25) is 9.78 Å². The number of nitrogens with one attached hydrogen (secondary N) is 2. The molecule has 2 N–H and O–H groups in total. The van der Waals surface area contributed by atoms with Gasteiger partial charge in [0, 0.05) is 16.8 Å². The quantitative estimate of drug-likeness (QED) is 0.848. The van der Waals surface area contributed by atoms with Crippen LogP contribution in [0.3, 0.4) is 0 Å². The van der Waals surface area contributed by atoms with Crippen LogP contribution in [0.25, 0.3) is 0 Å². The molecule has 0 aliphatic rings. The van der Waals surface area contributed by atoms with Gasteiger partial charge in [-0.05, 0) is 12.1 Å². The van der Waals surface area contributed by atoms with Gasteiger partial charge in [0.2, 0.25) is 5.91 Å². The van der Waals surface area contributed by atoms with E-state index in [9.17, 15) is 4.79 Å². The number of hydrogen-bond donors (Lipinski definition) is 2. The molecule has 1 heterocycles. The van der Waals surface area contributed by atoms with Crippen LogP contribution in [-0.2, 0) is 11.3 Å². The zero-order valence-corrected chi connectivity index (χ0v) is 10.0. The van der Waals surface area contributed by atoms with Gasteiger partial charge in [0.25, 0.3) is 0 Å². The number of para-hydroxylation sites is 1. The Balaban J connectivity index is 1.71. The first-order valence-electron chi connectivity index (χ1n) is 5.27. The fourth-order valence-corrected chi connectivity index (χ4v) is 1.85. The number of thiazole rings is 1. The molecule has 0 bridgehead atoms. The van der Waals surface area contributed by atoms with Gasteiger partial charge in [-0.1, -0.05) is 18.2 Å². The van der Waals surface area contributed by atoms with Crippen LogP contribution in [0.1, 0.15) is 4.88 Å². The van der Waals surface area contributed by atoms with Gasteiger partial charge in [0.1, 0.15) is 0 Å². The third-order valence-corrected chi connectivity index (χ3v) is 2.95. The molecule has 2 aromatic rings. The Bertz CT molecular complexity index is 456. The molecule has 0 saturated carbocycles. The zero-order valence-electron chi connectivity index (χ0n) is 9.22. The van der Waals surface area contributed by atoms with E-state index >= 15 is 0 Å². The van der Waals surface area contributed by atoms with Gasteiger partial charge in [-0.2, -0.15) is 0 Å². The van der Waals surface area contributed by atoms with Crippen molar-refractivity contribution in [1.29, 1.82) is 0 Å². The highest BCUT2D eigenvalue weighted by Crippen LogP contribution is 2.05. The molecular weight excluding hydrogens is 234 g/mol. The highest BCUT2D eigenvalue weighted by Gasteiger charge is 2.01. The highest BCUT2D eigenvalue weighted by atomic mass is 32.1. The fraction of sp³-hybridized carbons (Fsp3) is 0.167.